The normalized spacial score (nSPS) is 13.6. The Morgan fingerprint density at radius 2 is 2.00 bits per heavy atom. The molecule has 0 aromatic carbocycles. The highest BCUT2D eigenvalue weighted by atomic mass is 16.6. The molecule has 0 heterocycles. The van der Waals surface area contributed by atoms with Crippen LogP contribution in [0.25, 0.3) is 0 Å². The van der Waals surface area contributed by atoms with Crippen molar-refractivity contribution in [2.45, 2.75) is 45.8 Å². The zero-order valence-electron chi connectivity index (χ0n) is 8.89. The summed E-state index contributed by atoms with van der Waals surface area (Å²) in [5.74, 6) is -0.357. The fourth-order valence-corrected chi connectivity index (χ4v) is 0.822. The van der Waals surface area contributed by atoms with Crippen LogP contribution in [0.2, 0.25) is 0 Å². The van der Waals surface area contributed by atoms with Gasteiger partial charge < -0.3 is 10.5 Å². The third-order valence-corrected chi connectivity index (χ3v) is 1.26. The van der Waals surface area contributed by atoms with E-state index in [0.29, 0.717) is 12.0 Å². The summed E-state index contributed by atoms with van der Waals surface area (Å²) in [6, 6.07) is -0.0555. The third kappa shape index (κ3) is 6.34. The molecule has 0 saturated heterocycles. The summed E-state index contributed by atoms with van der Waals surface area (Å²) in [5.41, 5.74) is 5.50. The lowest BCUT2D eigenvalue weighted by molar-refractivity contribution is -0.150. The number of carbonyl (C=O) groups excluding carboxylic acids is 1. The van der Waals surface area contributed by atoms with E-state index >= 15 is 0 Å². The van der Waals surface area contributed by atoms with Crippen molar-refractivity contribution in [3.63, 3.8) is 0 Å². The Balaban J connectivity index is 4.06. The van der Waals surface area contributed by atoms with Crippen LogP contribution in [0, 0.1) is 0 Å². The van der Waals surface area contributed by atoms with Gasteiger partial charge in [0.2, 0.25) is 0 Å². The lowest BCUT2D eigenvalue weighted by Crippen LogP contribution is -2.26. The van der Waals surface area contributed by atoms with E-state index in [1.807, 2.05) is 27.7 Å². The molecule has 0 aromatic heterocycles. The lowest BCUT2D eigenvalue weighted by Gasteiger charge is -2.20. The molecule has 76 valence electrons. The summed E-state index contributed by atoms with van der Waals surface area (Å²) in [5, 5.41) is 0. The highest BCUT2D eigenvalue weighted by Crippen LogP contribution is 2.12. The second-order valence-electron chi connectivity index (χ2n) is 4.29. The fourth-order valence-electron chi connectivity index (χ4n) is 0.822. The van der Waals surface area contributed by atoms with Crippen LogP contribution in [0.3, 0.4) is 0 Å². The molecule has 0 aromatic rings. The van der Waals surface area contributed by atoms with Gasteiger partial charge >= 0.3 is 5.97 Å². The Hall–Kier alpha value is -0.830. The molecule has 0 aliphatic carbocycles. The molecule has 0 fully saturated rings. The summed E-state index contributed by atoms with van der Waals surface area (Å²) in [6.07, 6.45) is 0.481. The van der Waals surface area contributed by atoms with Crippen LogP contribution in [-0.2, 0) is 9.53 Å². The SMILES string of the molecule is C=C(C[C@H](C)N)C(=O)OC(C)(C)C. The minimum absolute atomic E-state index is 0.0555. The van der Waals surface area contributed by atoms with Crippen LogP contribution in [0.1, 0.15) is 34.1 Å². The Labute approximate surface area is 79.9 Å². The fraction of sp³-hybridized carbons (Fsp3) is 0.700. The predicted octanol–water partition coefficient (Wildman–Crippen LogP) is 1.62. The molecule has 0 saturated carbocycles. The van der Waals surface area contributed by atoms with Gasteiger partial charge in [0.05, 0.1) is 0 Å². The van der Waals surface area contributed by atoms with Crippen LogP contribution >= 0.6 is 0 Å². The molecule has 0 rings (SSSR count). The van der Waals surface area contributed by atoms with E-state index in [9.17, 15) is 4.79 Å². The highest BCUT2D eigenvalue weighted by Gasteiger charge is 2.18. The molecular formula is C10H19NO2. The van der Waals surface area contributed by atoms with Gasteiger partial charge in [0.15, 0.2) is 0 Å². The van der Waals surface area contributed by atoms with Gasteiger partial charge in [-0.15, -0.1) is 0 Å². The number of hydrogen-bond acceptors (Lipinski definition) is 3. The summed E-state index contributed by atoms with van der Waals surface area (Å²) in [7, 11) is 0. The topological polar surface area (TPSA) is 52.3 Å². The van der Waals surface area contributed by atoms with Gasteiger partial charge in [-0.2, -0.15) is 0 Å². The molecule has 0 amide bonds. The van der Waals surface area contributed by atoms with Crippen molar-refractivity contribution in [3.05, 3.63) is 12.2 Å². The Morgan fingerprint density at radius 3 is 2.31 bits per heavy atom. The Kier molecular flexibility index (Phi) is 4.14. The van der Waals surface area contributed by atoms with Crippen molar-refractivity contribution in [1.29, 1.82) is 0 Å². The van der Waals surface area contributed by atoms with Gasteiger partial charge in [0.1, 0.15) is 5.60 Å². The first-order chi connectivity index (χ1) is 5.72. The first-order valence-corrected chi connectivity index (χ1v) is 4.39. The zero-order valence-corrected chi connectivity index (χ0v) is 8.89. The number of nitrogens with two attached hydrogens (primary N) is 1. The minimum Gasteiger partial charge on any atom is -0.457 e. The van der Waals surface area contributed by atoms with Crippen LogP contribution in [0.15, 0.2) is 12.2 Å². The molecule has 1 atom stereocenters. The molecule has 3 heteroatoms. The van der Waals surface area contributed by atoms with Crippen molar-refractivity contribution < 1.29 is 9.53 Å². The molecule has 0 spiro atoms. The van der Waals surface area contributed by atoms with Gasteiger partial charge in [-0.05, 0) is 34.1 Å². The van der Waals surface area contributed by atoms with Gasteiger partial charge in [-0.25, -0.2) is 4.79 Å². The Bertz CT molecular complexity index is 201. The summed E-state index contributed by atoms with van der Waals surface area (Å²) in [6.45, 7) is 10.9. The maximum Gasteiger partial charge on any atom is 0.333 e. The molecular weight excluding hydrogens is 166 g/mol. The zero-order chi connectivity index (χ0) is 10.6. The van der Waals surface area contributed by atoms with Crippen molar-refractivity contribution >= 4 is 5.97 Å². The van der Waals surface area contributed by atoms with Crippen LogP contribution < -0.4 is 5.73 Å². The maximum absolute atomic E-state index is 11.3. The number of esters is 1. The van der Waals surface area contributed by atoms with Crippen molar-refractivity contribution in [3.8, 4) is 0 Å². The summed E-state index contributed by atoms with van der Waals surface area (Å²) < 4.78 is 5.11. The monoisotopic (exact) mass is 185 g/mol. The maximum atomic E-state index is 11.3. The lowest BCUT2D eigenvalue weighted by atomic mass is 10.1. The minimum atomic E-state index is -0.460. The smallest absolute Gasteiger partial charge is 0.333 e. The van der Waals surface area contributed by atoms with E-state index in [1.165, 1.54) is 0 Å². The summed E-state index contributed by atoms with van der Waals surface area (Å²) >= 11 is 0. The quantitative estimate of drug-likeness (QED) is 0.537. The van der Waals surface area contributed by atoms with E-state index in [1.54, 1.807) is 0 Å². The number of rotatable bonds is 3. The van der Waals surface area contributed by atoms with E-state index in [4.69, 9.17) is 10.5 Å². The first-order valence-electron chi connectivity index (χ1n) is 4.39. The van der Waals surface area contributed by atoms with Crippen LogP contribution in [0.4, 0.5) is 0 Å². The standard InChI is InChI=1S/C10H19NO2/c1-7(6-8(2)11)9(12)13-10(3,4)5/h8H,1,6,11H2,2-5H3/t8-/m0/s1. The second-order valence-corrected chi connectivity index (χ2v) is 4.29. The molecule has 0 aliphatic rings. The average Bonchev–Trinajstić information content (AvgIpc) is 1.81. The molecule has 0 aliphatic heterocycles. The van der Waals surface area contributed by atoms with Gasteiger partial charge in [-0.3, -0.25) is 0 Å². The van der Waals surface area contributed by atoms with Crippen molar-refractivity contribution in [2.24, 2.45) is 5.73 Å². The van der Waals surface area contributed by atoms with Gasteiger partial charge in [0, 0.05) is 11.6 Å². The first kappa shape index (κ1) is 12.2. The van der Waals surface area contributed by atoms with Gasteiger partial charge in [0.25, 0.3) is 0 Å². The van der Waals surface area contributed by atoms with Gasteiger partial charge in [-0.1, -0.05) is 6.58 Å². The van der Waals surface area contributed by atoms with Crippen molar-refractivity contribution in [2.75, 3.05) is 0 Å². The number of ether oxygens (including phenoxy) is 1. The largest absolute Gasteiger partial charge is 0.457 e. The van der Waals surface area contributed by atoms with E-state index in [0.717, 1.165) is 0 Å². The second kappa shape index (κ2) is 4.42. The van der Waals surface area contributed by atoms with E-state index in [2.05, 4.69) is 6.58 Å². The Morgan fingerprint density at radius 1 is 1.54 bits per heavy atom. The average molecular weight is 185 g/mol. The highest BCUT2D eigenvalue weighted by molar-refractivity contribution is 5.88. The van der Waals surface area contributed by atoms with Crippen LogP contribution in [-0.4, -0.2) is 17.6 Å². The third-order valence-electron chi connectivity index (χ3n) is 1.26. The number of carbonyl (C=O) groups is 1. The van der Waals surface area contributed by atoms with E-state index in [-0.39, 0.29) is 12.0 Å². The number of hydrogen-bond donors (Lipinski definition) is 1. The predicted molar refractivity (Wildman–Crippen MR) is 53.3 cm³/mol. The molecule has 3 nitrogen and oxygen atoms in total. The molecule has 0 bridgehead atoms. The molecule has 0 unspecified atom stereocenters. The van der Waals surface area contributed by atoms with Crippen LogP contribution in [0.5, 0.6) is 0 Å². The molecule has 0 radical (unpaired) electrons. The van der Waals surface area contributed by atoms with Crippen molar-refractivity contribution in [1.82, 2.24) is 0 Å². The van der Waals surface area contributed by atoms with E-state index < -0.39 is 5.60 Å². The molecule has 2 N–H and O–H groups in total. The summed E-state index contributed by atoms with van der Waals surface area (Å²) in [4.78, 5) is 11.3. The molecule has 13 heavy (non-hydrogen) atoms.